The van der Waals surface area contributed by atoms with Gasteiger partial charge >= 0.3 is 12.1 Å². The van der Waals surface area contributed by atoms with Crippen molar-refractivity contribution in [2.45, 2.75) is 40.3 Å². The molecule has 2 aromatic rings. The Morgan fingerprint density at radius 2 is 1.69 bits per heavy atom. The molecule has 0 aliphatic heterocycles. The van der Waals surface area contributed by atoms with E-state index in [0.29, 0.717) is 12.0 Å². The monoisotopic (exact) mass is 512 g/mol. The molecule has 0 aliphatic carbocycles. The van der Waals surface area contributed by atoms with Crippen molar-refractivity contribution >= 4 is 42.5 Å². The summed E-state index contributed by atoms with van der Waals surface area (Å²) in [5.74, 6) is -0.328. The molecule has 0 heterocycles. The molecule has 1 atom stereocenters. The highest BCUT2D eigenvalue weighted by Gasteiger charge is 2.31. The van der Waals surface area contributed by atoms with Crippen LogP contribution in [0.25, 0.3) is 0 Å². The fourth-order valence-electron chi connectivity index (χ4n) is 2.43. The van der Waals surface area contributed by atoms with Crippen molar-refractivity contribution in [1.82, 2.24) is 0 Å². The van der Waals surface area contributed by atoms with Gasteiger partial charge in [0.25, 0.3) is 0 Å². The molecular formula is C21H22Cl2F3O5P. The van der Waals surface area contributed by atoms with Crippen molar-refractivity contribution in [3.8, 4) is 11.5 Å². The quantitative estimate of drug-likeness (QED) is 0.226. The topological polar surface area (TPSA) is 61.8 Å². The molecule has 5 nitrogen and oxygen atoms in total. The van der Waals surface area contributed by atoms with E-state index >= 15 is 0 Å². The lowest BCUT2D eigenvalue weighted by atomic mass is 9.98. The zero-order valence-electron chi connectivity index (χ0n) is 17.7. The van der Waals surface area contributed by atoms with Crippen LogP contribution in [0.15, 0.2) is 30.3 Å². The molecule has 0 bridgehead atoms. The Morgan fingerprint density at radius 1 is 1.03 bits per heavy atom. The van der Waals surface area contributed by atoms with Crippen molar-refractivity contribution in [3.05, 3.63) is 51.5 Å². The second kappa shape index (κ2) is 10.5. The van der Waals surface area contributed by atoms with Crippen LogP contribution in [0.1, 0.15) is 38.8 Å². The highest BCUT2D eigenvalue weighted by Crippen LogP contribution is 2.38. The number of carbonyl (C=O) groups is 1. The molecule has 0 amide bonds. The Hall–Kier alpha value is -1.73. The number of aryl methyl sites for hydroxylation is 1. The number of halogens is 5. The van der Waals surface area contributed by atoms with Crippen LogP contribution in [-0.2, 0) is 31.2 Å². The predicted octanol–water partition coefficient (Wildman–Crippen LogP) is 7.03. The second-order valence-electron chi connectivity index (χ2n) is 7.77. The highest BCUT2D eigenvalue weighted by atomic mass is 35.5. The summed E-state index contributed by atoms with van der Waals surface area (Å²) in [5.41, 5.74) is -1.05. The molecule has 0 fully saturated rings. The molecule has 1 unspecified atom stereocenters. The first-order valence-electron chi connectivity index (χ1n) is 9.45. The third-order valence-electron chi connectivity index (χ3n) is 4.22. The smallest absolute Gasteiger partial charge is 0.416 e. The average Bonchev–Trinajstić information content (AvgIpc) is 2.68. The number of carbonyl (C=O) groups excluding carboxylic acids is 1. The van der Waals surface area contributed by atoms with E-state index in [2.05, 4.69) is 0 Å². The van der Waals surface area contributed by atoms with Crippen LogP contribution >= 0.6 is 31.2 Å². The molecule has 32 heavy (non-hydrogen) atoms. The van der Waals surface area contributed by atoms with E-state index in [1.54, 1.807) is 20.8 Å². The van der Waals surface area contributed by atoms with Crippen LogP contribution in [0.2, 0.25) is 10.0 Å². The molecule has 0 N–H and O–H groups in total. The molecule has 176 valence electrons. The Bertz CT molecular complexity index is 1020. The first-order valence-corrected chi connectivity index (χ1v) is 11.5. The van der Waals surface area contributed by atoms with E-state index in [4.69, 9.17) is 37.2 Å². The maximum Gasteiger partial charge on any atom is 0.416 e. The van der Waals surface area contributed by atoms with E-state index in [1.165, 1.54) is 12.1 Å². The molecule has 0 radical (unpaired) electrons. The minimum Gasteiger partial charge on any atom is -0.455 e. The zero-order valence-corrected chi connectivity index (χ0v) is 20.2. The van der Waals surface area contributed by atoms with Crippen LogP contribution in [0.4, 0.5) is 13.2 Å². The molecule has 0 saturated carbocycles. The van der Waals surface area contributed by atoms with E-state index in [-0.39, 0.29) is 26.8 Å². The van der Waals surface area contributed by atoms with Gasteiger partial charge in [-0.1, -0.05) is 30.1 Å². The summed E-state index contributed by atoms with van der Waals surface area (Å²) in [5, 5.41) is 0.0221. The maximum atomic E-state index is 12.9. The SMILES string of the molecule is CCc1cc(Cl)c([PH](=O)OCOC(=O)C(C)(C)C)cc1Oc1ccc(C(F)(F)F)cc1Cl. The summed E-state index contributed by atoms with van der Waals surface area (Å²) in [6, 6.07) is 5.61. The van der Waals surface area contributed by atoms with E-state index < -0.39 is 37.9 Å². The molecule has 0 saturated heterocycles. The van der Waals surface area contributed by atoms with Gasteiger partial charge in [-0.2, -0.15) is 13.2 Å². The van der Waals surface area contributed by atoms with Crippen LogP contribution in [0.3, 0.4) is 0 Å². The van der Waals surface area contributed by atoms with E-state index in [1.807, 2.05) is 6.92 Å². The van der Waals surface area contributed by atoms with Gasteiger partial charge in [-0.15, -0.1) is 0 Å². The Morgan fingerprint density at radius 3 is 2.22 bits per heavy atom. The van der Waals surface area contributed by atoms with Crippen LogP contribution in [0.5, 0.6) is 11.5 Å². The summed E-state index contributed by atoms with van der Waals surface area (Å²) >= 11 is 12.2. The molecule has 2 rings (SSSR count). The first-order chi connectivity index (χ1) is 14.7. The number of hydrogen-bond donors (Lipinski definition) is 0. The number of esters is 1. The van der Waals surface area contributed by atoms with Crippen molar-refractivity contribution in [1.29, 1.82) is 0 Å². The third kappa shape index (κ3) is 6.88. The lowest BCUT2D eigenvalue weighted by molar-refractivity contribution is -0.159. The van der Waals surface area contributed by atoms with E-state index in [9.17, 15) is 22.5 Å². The number of alkyl halides is 3. The average molecular weight is 513 g/mol. The summed E-state index contributed by atoms with van der Waals surface area (Å²) < 4.78 is 67.0. The highest BCUT2D eigenvalue weighted by molar-refractivity contribution is 7.48. The fraction of sp³-hybridized carbons (Fsp3) is 0.381. The second-order valence-corrected chi connectivity index (χ2v) is 9.99. The largest absolute Gasteiger partial charge is 0.455 e. The van der Waals surface area contributed by atoms with Gasteiger partial charge in [0, 0.05) is 0 Å². The van der Waals surface area contributed by atoms with Crippen molar-refractivity contribution in [2.24, 2.45) is 5.41 Å². The number of rotatable bonds is 7. The lowest BCUT2D eigenvalue weighted by Gasteiger charge is -2.17. The predicted molar refractivity (Wildman–Crippen MR) is 117 cm³/mol. The number of benzene rings is 2. The van der Waals surface area contributed by atoms with Crippen LogP contribution < -0.4 is 10.0 Å². The van der Waals surface area contributed by atoms with Gasteiger partial charge in [0.05, 0.1) is 26.3 Å². The van der Waals surface area contributed by atoms with E-state index in [0.717, 1.165) is 18.2 Å². The molecule has 2 aromatic carbocycles. The minimum absolute atomic E-state index is 0.0117. The van der Waals surface area contributed by atoms with Gasteiger partial charge in [-0.3, -0.25) is 13.9 Å². The van der Waals surface area contributed by atoms with Crippen LogP contribution in [0, 0.1) is 5.41 Å². The summed E-state index contributed by atoms with van der Waals surface area (Å²) in [4.78, 5) is 11.8. The van der Waals surface area contributed by atoms with Crippen molar-refractivity contribution in [3.63, 3.8) is 0 Å². The minimum atomic E-state index is -4.54. The van der Waals surface area contributed by atoms with Gasteiger partial charge in [-0.05, 0) is 63.1 Å². The molecule has 0 aromatic heterocycles. The maximum absolute atomic E-state index is 12.9. The van der Waals surface area contributed by atoms with Crippen molar-refractivity contribution < 1.29 is 36.5 Å². The normalized spacial score (nSPS) is 13.0. The Labute approximate surface area is 194 Å². The first kappa shape index (κ1) is 26.5. The Balaban J connectivity index is 2.25. The van der Waals surface area contributed by atoms with Gasteiger partial charge < -0.3 is 9.47 Å². The standard InChI is InChI=1S/C21H22Cl2F3O5P/c1-5-12-8-15(23)18(32(28)30-11-29-19(27)20(2,3)4)10-17(12)31-16-7-6-13(9-14(16)22)21(24,25)26/h6-10,32H,5,11H2,1-4H3. The summed E-state index contributed by atoms with van der Waals surface area (Å²) in [7, 11) is -2.93. The zero-order chi connectivity index (χ0) is 24.3. The van der Waals surface area contributed by atoms with Gasteiger partial charge in [0.15, 0.2) is 6.79 Å². The van der Waals surface area contributed by atoms with Gasteiger partial charge in [0.1, 0.15) is 11.5 Å². The van der Waals surface area contributed by atoms with Gasteiger partial charge in [-0.25, -0.2) is 0 Å². The third-order valence-corrected chi connectivity index (χ3v) is 6.22. The fourth-order valence-corrected chi connectivity index (χ4v) is 3.91. The number of ether oxygens (including phenoxy) is 2. The van der Waals surface area contributed by atoms with Gasteiger partial charge in [0.2, 0.25) is 8.03 Å². The summed E-state index contributed by atoms with van der Waals surface area (Å²) in [6.07, 6.45) is -4.07. The van der Waals surface area contributed by atoms with Crippen LogP contribution in [-0.4, -0.2) is 12.8 Å². The molecule has 11 heteroatoms. The summed E-state index contributed by atoms with van der Waals surface area (Å²) in [6.45, 7) is 6.27. The molecular weight excluding hydrogens is 491 g/mol. The van der Waals surface area contributed by atoms with Crippen molar-refractivity contribution in [2.75, 3.05) is 6.79 Å². The Kier molecular flexibility index (Phi) is 8.68. The lowest BCUT2D eigenvalue weighted by Crippen LogP contribution is -2.23. The number of hydrogen-bond acceptors (Lipinski definition) is 5. The molecule has 0 spiro atoms. The molecule has 0 aliphatic rings.